The molecule has 2 heterocycles. The first-order valence-electron chi connectivity index (χ1n) is 4.90. The quantitative estimate of drug-likeness (QED) is 0.263. The van der Waals surface area contributed by atoms with Crippen LogP contribution in [0.15, 0.2) is 24.5 Å². The number of nitrogens with zero attached hydrogens (tertiary/aromatic N) is 1. The Labute approximate surface area is 117 Å². The molecular weight excluding hydrogens is 217 g/mol. The first kappa shape index (κ1) is 13.4. The molecule has 1 atom stereocenters. The van der Waals surface area contributed by atoms with E-state index in [1.54, 1.807) is 18.3 Å². The molecule has 16 heavy (non-hydrogen) atoms. The van der Waals surface area contributed by atoms with Crippen LogP contribution in [0.5, 0.6) is 0 Å². The van der Waals surface area contributed by atoms with Gasteiger partial charge in [0, 0.05) is 18.0 Å². The molecule has 0 bridgehead atoms. The minimum Gasteiger partial charge on any atom is -1.00 e. The summed E-state index contributed by atoms with van der Waals surface area (Å²) in [5, 5.41) is 0. The predicted molar refractivity (Wildman–Crippen MR) is 53.4 cm³/mol. The van der Waals surface area contributed by atoms with Crippen molar-refractivity contribution in [2.24, 2.45) is 5.92 Å². The Kier molecular flexibility index (Phi) is 5.12. The Morgan fingerprint density at radius 3 is 3.00 bits per heavy atom. The van der Waals surface area contributed by atoms with Gasteiger partial charge in [0.15, 0.2) is 5.78 Å². The second kappa shape index (κ2) is 6.13. The minimum atomic E-state index is -0.636. The van der Waals surface area contributed by atoms with Gasteiger partial charge in [-0.15, -0.1) is 0 Å². The third-order valence-electron chi connectivity index (χ3n) is 2.43. The minimum absolute atomic E-state index is 0. The maximum Gasteiger partial charge on any atom is 1.00 e. The summed E-state index contributed by atoms with van der Waals surface area (Å²) in [6, 6.07) is 3.35. The van der Waals surface area contributed by atoms with Crippen molar-refractivity contribution in [1.29, 1.82) is 0 Å². The summed E-state index contributed by atoms with van der Waals surface area (Å²) in [5.41, 5.74) is 0.473. The summed E-state index contributed by atoms with van der Waals surface area (Å²) < 4.78 is 4.85. The summed E-state index contributed by atoms with van der Waals surface area (Å²) in [6.07, 6.45) is 4.40. The number of pyridine rings is 1. The summed E-state index contributed by atoms with van der Waals surface area (Å²) in [6.45, 7) is 0.426. The third-order valence-corrected chi connectivity index (χ3v) is 2.43. The molecule has 1 saturated heterocycles. The third kappa shape index (κ3) is 2.90. The zero-order chi connectivity index (χ0) is 10.7. The van der Waals surface area contributed by atoms with Crippen LogP contribution in [0.1, 0.15) is 24.6 Å². The fourth-order valence-corrected chi connectivity index (χ4v) is 1.63. The first-order valence-corrected chi connectivity index (χ1v) is 4.90. The number of hydrogen-bond donors (Lipinski definition) is 0. The molecule has 0 N–H and O–H groups in total. The zero-order valence-electron chi connectivity index (χ0n) is 10.2. The standard InChI is InChI=1S/C11H11NO3.Na.H/c13-10(8-3-1-5-12-7-8)9-4-2-6-15-11(9)14;;/h1,3,5,7,9H,2,4,6H2;;/q;+1;-1. The number of carbonyl (C=O) groups excluding carboxylic acids is 2. The Morgan fingerprint density at radius 1 is 1.56 bits per heavy atom. The number of carbonyl (C=O) groups is 2. The Balaban J connectivity index is 0.00000128. The van der Waals surface area contributed by atoms with E-state index in [4.69, 9.17) is 4.74 Å². The second-order valence-corrected chi connectivity index (χ2v) is 3.47. The van der Waals surface area contributed by atoms with Crippen molar-refractivity contribution in [2.75, 3.05) is 6.61 Å². The number of Topliss-reactive ketones (excluding diaryl/α,β-unsaturated/α-hetero) is 1. The van der Waals surface area contributed by atoms with E-state index in [9.17, 15) is 9.59 Å². The van der Waals surface area contributed by atoms with Crippen LogP contribution in [0.25, 0.3) is 0 Å². The van der Waals surface area contributed by atoms with E-state index in [1.165, 1.54) is 6.20 Å². The monoisotopic (exact) mass is 229 g/mol. The van der Waals surface area contributed by atoms with Crippen LogP contribution in [-0.4, -0.2) is 23.3 Å². The number of cyclic esters (lactones) is 1. The second-order valence-electron chi connectivity index (χ2n) is 3.47. The summed E-state index contributed by atoms with van der Waals surface area (Å²) >= 11 is 0. The number of ether oxygens (including phenoxy) is 1. The van der Waals surface area contributed by atoms with E-state index in [0.717, 1.165) is 6.42 Å². The van der Waals surface area contributed by atoms with E-state index in [2.05, 4.69) is 4.98 Å². The van der Waals surface area contributed by atoms with Crippen molar-refractivity contribution >= 4 is 11.8 Å². The van der Waals surface area contributed by atoms with Crippen molar-refractivity contribution in [1.82, 2.24) is 4.98 Å². The molecule has 0 saturated carbocycles. The molecule has 5 heteroatoms. The van der Waals surface area contributed by atoms with Gasteiger partial charge in [-0.25, -0.2) is 0 Å². The average molecular weight is 229 g/mol. The molecule has 0 spiro atoms. The van der Waals surface area contributed by atoms with Crippen LogP contribution in [0.3, 0.4) is 0 Å². The molecule has 1 fully saturated rings. The van der Waals surface area contributed by atoms with E-state index in [-0.39, 0.29) is 36.8 Å². The molecule has 2 rings (SSSR count). The SMILES string of the molecule is O=C1OCCCC1C(=O)c1cccnc1.[H-].[Na+]. The van der Waals surface area contributed by atoms with Crippen LogP contribution in [0.2, 0.25) is 0 Å². The Morgan fingerprint density at radius 2 is 2.38 bits per heavy atom. The Bertz CT molecular complexity index is 386. The van der Waals surface area contributed by atoms with Gasteiger partial charge >= 0.3 is 35.5 Å². The van der Waals surface area contributed by atoms with Gasteiger partial charge in [-0.1, -0.05) is 0 Å². The van der Waals surface area contributed by atoms with Gasteiger partial charge in [-0.2, -0.15) is 0 Å². The van der Waals surface area contributed by atoms with Crippen LogP contribution >= 0.6 is 0 Å². The maximum absolute atomic E-state index is 11.9. The molecular formula is C11H12NNaO3. The van der Waals surface area contributed by atoms with Crippen LogP contribution < -0.4 is 29.6 Å². The van der Waals surface area contributed by atoms with Gasteiger partial charge in [0.1, 0.15) is 5.92 Å². The first-order chi connectivity index (χ1) is 7.29. The number of hydrogen-bond acceptors (Lipinski definition) is 4. The molecule has 1 aliphatic heterocycles. The number of ketones is 1. The van der Waals surface area contributed by atoms with E-state index in [0.29, 0.717) is 18.6 Å². The van der Waals surface area contributed by atoms with Gasteiger partial charge in [0.25, 0.3) is 0 Å². The van der Waals surface area contributed by atoms with Gasteiger partial charge in [-0.3, -0.25) is 14.6 Å². The molecule has 80 valence electrons. The number of rotatable bonds is 2. The smallest absolute Gasteiger partial charge is 1.00 e. The predicted octanol–water partition coefficient (Wildman–Crippen LogP) is -1.67. The molecule has 1 unspecified atom stereocenters. The van der Waals surface area contributed by atoms with Gasteiger partial charge in [0.2, 0.25) is 0 Å². The van der Waals surface area contributed by atoms with Crippen LogP contribution in [0, 0.1) is 5.92 Å². The Hall–Kier alpha value is -0.710. The number of esters is 1. The van der Waals surface area contributed by atoms with Crippen LogP contribution in [0.4, 0.5) is 0 Å². The average Bonchev–Trinajstić information content (AvgIpc) is 2.30. The molecule has 0 amide bonds. The molecule has 0 aliphatic carbocycles. The fourth-order valence-electron chi connectivity index (χ4n) is 1.63. The van der Waals surface area contributed by atoms with Crippen LogP contribution in [-0.2, 0) is 9.53 Å². The number of aromatic nitrogens is 1. The van der Waals surface area contributed by atoms with Crippen molar-refractivity contribution in [3.63, 3.8) is 0 Å². The van der Waals surface area contributed by atoms with Crippen molar-refractivity contribution in [3.8, 4) is 0 Å². The van der Waals surface area contributed by atoms with Crippen molar-refractivity contribution in [2.45, 2.75) is 12.8 Å². The van der Waals surface area contributed by atoms with Gasteiger partial charge < -0.3 is 6.16 Å². The van der Waals surface area contributed by atoms with Crippen molar-refractivity contribution < 1.29 is 45.3 Å². The summed E-state index contributed by atoms with van der Waals surface area (Å²) in [5.74, 6) is -1.23. The normalized spacial score (nSPS) is 19.5. The maximum atomic E-state index is 11.9. The fraction of sp³-hybridized carbons (Fsp3) is 0.364. The molecule has 4 nitrogen and oxygen atoms in total. The molecule has 1 aliphatic rings. The van der Waals surface area contributed by atoms with Crippen molar-refractivity contribution in [3.05, 3.63) is 30.1 Å². The summed E-state index contributed by atoms with van der Waals surface area (Å²) in [7, 11) is 0. The van der Waals surface area contributed by atoms with E-state index >= 15 is 0 Å². The van der Waals surface area contributed by atoms with E-state index in [1.807, 2.05) is 0 Å². The molecule has 1 aromatic rings. The largest absolute Gasteiger partial charge is 1.00 e. The summed E-state index contributed by atoms with van der Waals surface area (Å²) in [4.78, 5) is 27.1. The topological polar surface area (TPSA) is 56.3 Å². The zero-order valence-corrected chi connectivity index (χ0v) is 11.2. The van der Waals surface area contributed by atoms with Gasteiger partial charge in [0.05, 0.1) is 6.61 Å². The molecule has 0 radical (unpaired) electrons. The van der Waals surface area contributed by atoms with E-state index < -0.39 is 11.9 Å². The van der Waals surface area contributed by atoms with Gasteiger partial charge in [-0.05, 0) is 25.0 Å². The molecule has 1 aromatic heterocycles. The molecule has 0 aromatic carbocycles.